The van der Waals surface area contributed by atoms with Crippen molar-refractivity contribution >= 4 is 18.2 Å². The van der Waals surface area contributed by atoms with Gasteiger partial charge < -0.3 is 24.7 Å². The van der Waals surface area contributed by atoms with Gasteiger partial charge >= 0.3 is 18.2 Å². The lowest BCUT2D eigenvalue weighted by Gasteiger charge is -2.38. The molecule has 0 bridgehead atoms. The van der Waals surface area contributed by atoms with Crippen molar-refractivity contribution in [2.24, 2.45) is 0 Å². The Labute approximate surface area is 138 Å². The monoisotopic (exact) mass is 340 g/mol. The first-order chi connectivity index (χ1) is 11.4. The van der Waals surface area contributed by atoms with E-state index in [1.807, 2.05) is 0 Å². The lowest BCUT2D eigenvalue weighted by molar-refractivity contribution is 0.0526. The van der Waals surface area contributed by atoms with Crippen LogP contribution in [0.5, 0.6) is 0 Å². The molecule has 10 nitrogen and oxygen atoms in total. The number of amides is 2. The number of hydrogen-bond donors (Lipinski definition) is 2. The molecule has 2 rings (SSSR count). The van der Waals surface area contributed by atoms with Crippen molar-refractivity contribution < 1.29 is 29.3 Å². The van der Waals surface area contributed by atoms with Gasteiger partial charge in [0.1, 0.15) is 0 Å². The minimum absolute atomic E-state index is 0.119. The molecule has 2 heterocycles. The van der Waals surface area contributed by atoms with Gasteiger partial charge in [0.25, 0.3) is 0 Å². The fourth-order valence-electron chi connectivity index (χ4n) is 2.61. The molecule has 1 aromatic rings. The molecule has 0 saturated carbocycles. The van der Waals surface area contributed by atoms with E-state index < -0.39 is 24.2 Å². The normalized spacial score (nSPS) is 17.6. The minimum atomic E-state index is -1.07. The number of aryl methyl sites for hydroxylation is 1. The zero-order valence-electron chi connectivity index (χ0n) is 13.3. The van der Waals surface area contributed by atoms with E-state index in [2.05, 4.69) is 5.10 Å². The van der Waals surface area contributed by atoms with E-state index in [9.17, 15) is 19.5 Å². The quantitative estimate of drug-likeness (QED) is 0.759. The summed E-state index contributed by atoms with van der Waals surface area (Å²) in [5.74, 6) is -0.467. The summed E-state index contributed by atoms with van der Waals surface area (Å²) < 4.78 is 6.39. The maximum atomic E-state index is 11.6. The smallest absolute Gasteiger partial charge is 0.407 e. The fourth-order valence-corrected chi connectivity index (χ4v) is 2.61. The first-order valence-corrected chi connectivity index (χ1v) is 7.59. The molecule has 1 atom stereocenters. The van der Waals surface area contributed by atoms with Gasteiger partial charge in [-0.3, -0.25) is 4.68 Å². The number of carbonyl (C=O) groups excluding carboxylic acids is 1. The molecule has 0 unspecified atom stereocenters. The Balaban J connectivity index is 1.98. The summed E-state index contributed by atoms with van der Waals surface area (Å²) >= 11 is 0. The molecule has 132 valence electrons. The second-order valence-corrected chi connectivity index (χ2v) is 5.36. The van der Waals surface area contributed by atoms with Crippen molar-refractivity contribution in [1.29, 1.82) is 0 Å². The van der Waals surface area contributed by atoms with Crippen LogP contribution >= 0.6 is 0 Å². The van der Waals surface area contributed by atoms with Gasteiger partial charge in [0.2, 0.25) is 0 Å². The molecular formula is C14H20N4O6. The Morgan fingerprint density at radius 3 is 2.67 bits per heavy atom. The van der Waals surface area contributed by atoms with Crippen LogP contribution in [0.1, 0.15) is 23.7 Å². The second-order valence-electron chi connectivity index (χ2n) is 5.36. The Bertz CT molecular complexity index is 616. The standard InChI is InChI=1S/C14H20N4O6/c1-2-24-12(19)10-7-15-17(8-10)4-3-11-9-16(13(20)21)5-6-18(11)14(22)23/h7-8,11H,2-6,9H2,1H3,(H,20,21)(H,22,23)/t11-/m1/s1. The highest BCUT2D eigenvalue weighted by Crippen LogP contribution is 2.15. The van der Waals surface area contributed by atoms with Gasteiger partial charge in [0, 0.05) is 32.4 Å². The molecule has 1 saturated heterocycles. The Morgan fingerprint density at radius 2 is 2.04 bits per heavy atom. The van der Waals surface area contributed by atoms with E-state index in [0.29, 0.717) is 18.5 Å². The number of hydrogen-bond acceptors (Lipinski definition) is 5. The molecule has 1 aromatic heterocycles. The Hall–Kier alpha value is -2.78. The van der Waals surface area contributed by atoms with Crippen LogP contribution in [0.4, 0.5) is 9.59 Å². The first-order valence-electron chi connectivity index (χ1n) is 7.59. The van der Waals surface area contributed by atoms with E-state index in [-0.39, 0.29) is 26.2 Å². The third kappa shape index (κ3) is 4.15. The summed E-state index contributed by atoms with van der Waals surface area (Å²) in [5, 5.41) is 22.4. The van der Waals surface area contributed by atoms with Crippen molar-refractivity contribution in [3.8, 4) is 0 Å². The SMILES string of the molecule is CCOC(=O)c1cnn(CC[C@@H]2CN(C(=O)O)CCN2C(=O)O)c1. The van der Waals surface area contributed by atoms with Crippen LogP contribution < -0.4 is 0 Å². The number of piperazine rings is 1. The van der Waals surface area contributed by atoms with Crippen LogP contribution in [0.2, 0.25) is 0 Å². The first kappa shape index (κ1) is 17.6. The molecule has 0 aliphatic carbocycles. The number of aromatic nitrogens is 2. The van der Waals surface area contributed by atoms with Crippen molar-refractivity contribution in [3.05, 3.63) is 18.0 Å². The van der Waals surface area contributed by atoms with Crippen molar-refractivity contribution in [2.45, 2.75) is 25.9 Å². The van der Waals surface area contributed by atoms with E-state index in [0.717, 1.165) is 0 Å². The highest BCUT2D eigenvalue weighted by atomic mass is 16.5. The van der Waals surface area contributed by atoms with Crippen LogP contribution in [-0.2, 0) is 11.3 Å². The average Bonchev–Trinajstić information content (AvgIpc) is 3.01. The van der Waals surface area contributed by atoms with E-state index >= 15 is 0 Å². The summed E-state index contributed by atoms with van der Waals surface area (Å²) in [6.07, 6.45) is 1.17. The number of esters is 1. The van der Waals surface area contributed by atoms with Crippen LogP contribution in [0.25, 0.3) is 0 Å². The van der Waals surface area contributed by atoms with Crippen LogP contribution in [-0.4, -0.2) is 80.2 Å². The van der Waals surface area contributed by atoms with E-state index in [4.69, 9.17) is 9.84 Å². The van der Waals surface area contributed by atoms with Crippen LogP contribution in [0.3, 0.4) is 0 Å². The third-order valence-corrected chi connectivity index (χ3v) is 3.83. The zero-order chi connectivity index (χ0) is 17.7. The highest BCUT2D eigenvalue weighted by molar-refractivity contribution is 5.88. The number of carboxylic acid groups (broad SMARTS) is 2. The molecule has 2 N–H and O–H groups in total. The van der Waals surface area contributed by atoms with Gasteiger partial charge in [-0.15, -0.1) is 0 Å². The Morgan fingerprint density at radius 1 is 1.29 bits per heavy atom. The van der Waals surface area contributed by atoms with E-state index in [1.165, 1.54) is 26.9 Å². The largest absolute Gasteiger partial charge is 0.465 e. The van der Waals surface area contributed by atoms with Crippen LogP contribution in [0.15, 0.2) is 12.4 Å². The molecule has 1 aliphatic heterocycles. The van der Waals surface area contributed by atoms with Gasteiger partial charge in [-0.2, -0.15) is 5.10 Å². The minimum Gasteiger partial charge on any atom is -0.465 e. The number of ether oxygens (including phenoxy) is 1. The van der Waals surface area contributed by atoms with Gasteiger partial charge in [0.15, 0.2) is 0 Å². The molecule has 1 aliphatic rings. The summed E-state index contributed by atoms with van der Waals surface area (Å²) in [6, 6.07) is -0.456. The molecule has 24 heavy (non-hydrogen) atoms. The fraction of sp³-hybridized carbons (Fsp3) is 0.571. The molecular weight excluding hydrogens is 320 g/mol. The predicted molar refractivity (Wildman–Crippen MR) is 80.9 cm³/mol. The summed E-state index contributed by atoms with van der Waals surface area (Å²) in [5.41, 5.74) is 0.322. The summed E-state index contributed by atoms with van der Waals surface area (Å²) in [6.45, 7) is 2.76. The van der Waals surface area contributed by atoms with E-state index in [1.54, 1.807) is 6.92 Å². The van der Waals surface area contributed by atoms with Gasteiger partial charge in [-0.1, -0.05) is 0 Å². The highest BCUT2D eigenvalue weighted by Gasteiger charge is 2.32. The van der Waals surface area contributed by atoms with Gasteiger partial charge in [-0.05, 0) is 13.3 Å². The molecule has 10 heteroatoms. The van der Waals surface area contributed by atoms with Gasteiger partial charge in [-0.25, -0.2) is 14.4 Å². The lowest BCUT2D eigenvalue weighted by Crippen LogP contribution is -2.56. The molecule has 0 spiro atoms. The third-order valence-electron chi connectivity index (χ3n) is 3.83. The average molecular weight is 340 g/mol. The summed E-state index contributed by atoms with van der Waals surface area (Å²) in [7, 11) is 0. The topological polar surface area (TPSA) is 125 Å². The zero-order valence-corrected chi connectivity index (χ0v) is 13.3. The number of nitrogens with zero attached hydrogens (tertiary/aromatic N) is 4. The van der Waals surface area contributed by atoms with Gasteiger partial charge in [0.05, 0.1) is 24.4 Å². The molecule has 2 amide bonds. The Kier molecular flexibility index (Phi) is 5.61. The maximum Gasteiger partial charge on any atom is 0.407 e. The van der Waals surface area contributed by atoms with Crippen molar-refractivity contribution in [2.75, 3.05) is 26.2 Å². The lowest BCUT2D eigenvalue weighted by atomic mass is 10.1. The predicted octanol–water partition coefficient (Wildman–Crippen LogP) is 0.792. The second kappa shape index (κ2) is 7.66. The molecule has 0 radical (unpaired) electrons. The maximum absolute atomic E-state index is 11.6. The number of rotatable bonds is 5. The number of carbonyl (C=O) groups is 3. The van der Waals surface area contributed by atoms with Crippen molar-refractivity contribution in [1.82, 2.24) is 19.6 Å². The molecule has 1 fully saturated rings. The van der Waals surface area contributed by atoms with Crippen molar-refractivity contribution in [3.63, 3.8) is 0 Å². The van der Waals surface area contributed by atoms with Crippen LogP contribution in [0, 0.1) is 0 Å². The summed E-state index contributed by atoms with van der Waals surface area (Å²) in [4.78, 5) is 36.4. The molecule has 0 aromatic carbocycles.